The number of phenols is 1. The number of aryl methyl sites for hydroxylation is 1. The van der Waals surface area contributed by atoms with Crippen LogP contribution in [0.4, 0.5) is 0 Å². The number of aromatic hydroxyl groups is 1. The van der Waals surface area contributed by atoms with Crippen LogP contribution < -0.4 is 0 Å². The van der Waals surface area contributed by atoms with Crippen molar-refractivity contribution >= 4 is 0 Å². The Hall–Kier alpha value is -0.266. The van der Waals surface area contributed by atoms with Gasteiger partial charge in [-0.25, -0.2) is 0 Å². The van der Waals surface area contributed by atoms with E-state index in [9.17, 15) is 0 Å². The number of hydrogen-bond acceptors (Lipinski definition) is 1. The summed E-state index contributed by atoms with van der Waals surface area (Å²) in [6.45, 7) is 1.99. The van der Waals surface area contributed by atoms with Crippen LogP contribution in [0.1, 0.15) is 31.2 Å². The molecule has 2 rings (SSSR count). The van der Waals surface area contributed by atoms with Gasteiger partial charge in [0.05, 0.1) is 0 Å². The Morgan fingerprint density at radius 3 is 1.93 bits per heavy atom. The molecule has 1 fully saturated rings. The van der Waals surface area contributed by atoms with Crippen molar-refractivity contribution in [1.29, 1.82) is 0 Å². The van der Waals surface area contributed by atoms with E-state index in [1.165, 1.54) is 31.2 Å². The van der Waals surface area contributed by atoms with E-state index in [-0.39, 0.29) is 0 Å². The van der Waals surface area contributed by atoms with Gasteiger partial charge < -0.3 is 5.11 Å². The Morgan fingerprint density at radius 2 is 1.64 bits per heavy atom. The second-order valence-corrected chi connectivity index (χ2v) is 5.09. The normalized spacial score (nSPS) is 16.0. The van der Waals surface area contributed by atoms with Crippen molar-refractivity contribution in [2.75, 3.05) is 0 Å². The Labute approximate surface area is 97.9 Å². The molecule has 75 valence electrons. The van der Waals surface area contributed by atoms with Gasteiger partial charge in [0.2, 0.25) is 0 Å². The van der Waals surface area contributed by atoms with E-state index in [0.29, 0.717) is 5.75 Å². The van der Waals surface area contributed by atoms with Gasteiger partial charge in [0.25, 0.3) is 0 Å². The van der Waals surface area contributed by atoms with Gasteiger partial charge in [0, 0.05) is 0 Å². The van der Waals surface area contributed by atoms with Crippen molar-refractivity contribution in [1.82, 2.24) is 0 Å². The summed E-state index contributed by atoms with van der Waals surface area (Å²) in [5.41, 5.74) is 1.17. The molecule has 0 saturated heterocycles. The summed E-state index contributed by atoms with van der Waals surface area (Å²) in [5, 5.41) is 8.76. The first-order valence-electron chi connectivity index (χ1n) is 5.15. The van der Waals surface area contributed by atoms with Gasteiger partial charge in [-0.2, -0.15) is 0 Å². The fourth-order valence-electron chi connectivity index (χ4n) is 1.47. The van der Waals surface area contributed by atoms with Crippen molar-refractivity contribution in [3.05, 3.63) is 29.8 Å². The van der Waals surface area contributed by atoms with Gasteiger partial charge in [-0.05, 0) is 19.1 Å². The molecule has 1 aromatic carbocycles. The predicted molar refractivity (Wildman–Crippen MR) is 55.1 cm³/mol. The number of phenolic OH excluding ortho intramolecular Hbond substituents is 1. The minimum absolute atomic E-state index is 0.329. The molecule has 1 N–H and O–H groups in total. The van der Waals surface area contributed by atoms with E-state index in [1.807, 2.05) is 19.1 Å². The molecule has 0 heterocycles. The maximum atomic E-state index is 8.76. The average Bonchev–Trinajstić information content (AvgIpc) is 2.63. The van der Waals surface area contributed by atoms with Crippen molar-refractivity contribution in [2.24, 2.45) is 0 Å². The van der Waals surface area contributed by atoms with Crippen molar-refractivity contribution < 1.29 is 25.5 Å². The van der Waals surface area contributed by atoms with Gasteiger partial charge in [-0.1, -0.05) is 17.7 Å². The summed E-state index contributed by atoms with van der Waals surface area (Å²) in [5.74, 6) is 0.329. The molecule has 0 bridgehead atoms. The summed E-state index contributed by atoms with van der Waals surface area (Å²) in [7, 11) is 0. The molecule has 1 aromatic rings. The monoisotopic (exact) mass is 225 g/mol. The molecule has 0 spiro atoms. The molecule has 0 atom stereocenters. The topological polar surface area (TPSA) is 20.2 Å². The molecule has 0 unspecified atom stereocenters. The summed E-state index contributed by atoms with van der Waals surface area (Å²) in [6, 6.07) is 7.09. The Balaban J connectivity index is 0.000000146. The SMILES string of the molecule is Cc1ccc(O)cc1.[Ti][CH]1CCCC1. The molecular weight excluding hydrogens is 208 g/mol. The number of rotatable bonds is 0. The second kappa shape index (κ2) is 6.26. The van der Waals surface area contributed by atoms with Gasteiger partial charge in [-0.3, -0.25) is 0 Å². The van der Waals surface area contributed by atoms with Crippen LogP contribution in [-0.4, -0.2) is 5.11 Å². The van der Waals surface area contributed by atoms with Crippen molar-refractivity contribution in [3.8, 4) is 5.75 Å². The van der Waals surface area contributed by atoms with Crippen LogP contribution in [-0.2, 0) is 20.4 Å². The van der Waals surface area contributed by atoms with E-state index in [2.05, 4.69) is 20.4 Å². The molecule has 1 aliphatic carbocycles. The summed E-state index contributed by atoms with van der Waals surface area (Å²) < 4.78 is 1.05. The third-order valence-electron chi connectivity index (χ3n) is 2.39. The Bertz CT molecular complexity index is 229. The van der Waals surface area contributed by atoms with Gasteiger partial charge in [-0.15, -0.1) is 0 Å². The van der Waals surface area contributed by atoms with E-state index in [0.717, 1.165) is 4.22 Å². The summed E-state index contributed by atoms with van der Waals surface area (Å²) in [4.78, 5) is 0. The van der Waals surface area contributed by atoms with E-state index >= 15 is 0 Å². The molecule has 0 radical (unpaired) electrons. The third-order valence-corrected chi connectivity index (χ3v) is 3.29. The molecule has 1 saturated carbocycles. The van der Waals surface area contributed by atoms with Crippen LogP contribution in [0.2, 0.25) is 4.22 Å². The molecule has 1 nitrogen and oxygen atoms in total. The molecule has 14 heavy (non-hydrogen) atoms. The Kier molecular flexibility index (Phi) is 5.28. The van der Waals surface area contributed by atoms with E-state index in [1.54, 1.807) is 12.1 Å². The quantitative estimate of drug-likeness (QED) is 0.669. The standard InChI is InChI=1S/C7H8O.C5H9.Ti/c1-6-2-4-7(8)5-3-6;1-2-4-5-3-1;/h2-5,8H,1H3;1H,2-5H2;. The summed E-state index contributed by atoms with van der Waals surface area (Å²) in [6.07, 6.45) is 5.95. The third kappa shape index (κ3) is 4.83. The average molecular weight is 225 g/mol. The first-order valence-corrected chi connectivity index (χ1v) is 6.05. The van der Waals surface area contributed by atoms with E-state index < -0.39 is 0 Å². The number of benzene rings is 1. The van der Waals surface area contributed by atoms with Gasteiger partial charge in [0.15, 0.2) is 0 Å². The van der Waals surface area contributed by atoms with Crippen LogP contribution >= 0.6 is 0 Å². The first kappa shape index (κ1) is 11.8. The zero-order valence-corrected chi connectivity index (χ0v) is 10.2. The summed E-state index contributed by atoms with van der Waals surface area (Å²) >= 11 is 2.34. The molecule has 1 aliphatic rings. The number of hydrogen-bond donors (Lipinski definition) is 1. The van der Waals surface area contributed by atoms with Gasteiger partial charge in [0.1, 0.15) is 5.75 Å². The molecule has 2 heteroatoms. The van der Waals surface area contributed by atoms with Crippen LogP contribution in [0.3, 0.4) is 0 Å². The van der Waals surface area contributed by atoms with Crippen molar-refractivity contribution in [2.45, 2.75) is 36.8 Å². The minimum atomic E-state index is 0.329. The Morgan fingerprint density at radius 1 is 1.14 bits per heavy atom. The molecule has 0 aliphatic heterocycles. The molecule has 0 aromatic heterocycles. The molecular formula is C12H17OTi. The first-order chi connectivity index (χ1) is 6.68. The zero-order valence-electron chi connectivity index (χ0n) is 8.66. The van der Waals surface area contributed by atoms with Crippen LogP contribution in [0.15, 0.2) is 24.3 Å². The zero-order chi connectivity index (χ0) is 10.4. The molecule has 0 amide bonds. The van der Waals surface area contributed by atoms with Crippen LogP contribution in [0.5, 0.6) is 5.75 Å². The maximum absolute atomic E-state index is 8.76. The second-order valence-electron chi connectivity index (χ2n) is 3.82. The fraction of sp³-hybridized carbons (Fsp3) is 0.500. The predicted octanol–water partition coefficient (Wildman–Crippen LogP) is 3.60. The fourth-order valence-corrected chi connectivity index (χ4v) is 2.11. The van der Waals surface area contributed by atoms with Crippen LogP contribution in [0, 0.1) is 6.92 Å². The van der Waals surface area contributed by atoms with E-state index in [4.69, 9.17) is 5.11 Å². The van der Waals surface area contributed by atoms with Gasteiger partial charge >= 0.3 is 50.3 Å². The van der Waals surface area contributed by atoms with Crippen LogP contribution in [0.25, 0.3) is 0 Å². The van der Waals surface area contributed by atoms with Crippen molar-refractivity contribution in [3.63, 3.8) is 0 Å².